The van der Waals surface area contributed by atoms with Crippen LogP contribution in [-0.2, 0) is 13.1 Å². The molecule has 2 aliphatic heterocycles. The molecule has 2 aliphatic rings. The SMILES string of the molecule is CN=C(NCc1ccnc(N2CCCCCC2)c1)NC1CCN(Cc2ccccn2)CC1. The smallest absolute Gasteiger partial charge is 0.191 e. The van der Waals surface area contributed by atoms with Crippen LogP contribution in [0.15, 0.2) is 47.7 Å². The summed E-state index contributed by atoms with van der Waals surface area (Å²) >= 11 is 0. The van der Waals surface area contributed by atoms with Crippen molar-refractivity contribution in [3.63, 3.8) is 0 Å². The third kappa shape index (κ3) is 6.66. The highest BCUT2D eigenvalue weighted by molar-refractivity contribution is 5.80. The van der Waals surface area contributed by atoms with Crippen LogP contribution in [-0.4, -0.2) is 60.1 Å². The fourth-order valence-corrected chi connectivity index (χ4v) is 4.57. The van der Waals surface area contributed by atoms with E-state index in [4.69, 9.17) is 0 Å². The van der Waals surface area contributed by atoms with Crippen LogP contribution >= 0.6 is 0 Å². The molecule has 0 unspecified atom stereocenters. The predicted octanol–water partition coefficient (Wildman–Crippen LogP) is 3.19. The lowest BCUT2D eigenvalue weighted by molar-refractivity contribution is 0.196. The first kappa shape index (κ1) is 22.5. The van der Waals surface area contributed by atoms with Gasteiger partial charge in [-0.3, -0.25) is 14.9 Å². The molecule has 172 valence electrons. The molecule has 2 aromatic rings. The van der Waals surface area contributed by atoms with Crippen LogP contribution in [0.4, 0.5) is 5.82 Å². The molecule has 0 spiro atoms. The first-order chi connectivity index (χ1) is 15.8. The van der Waals surface area contributed by atoms with Crippen LogP contribution in [0.3, 0.4) is 0 Å². The van der Waals surface area contributed by atoms with Crippen LogP contribution in [0.25, 0.3) is 0 Å². The number of nitrogens with one attached hydrogen (secondary N) is 2. The van der Waals surface area contributed by atoms with E-state index < -0.39 is 0 Å². The van der Waals surface area contributed by atoms with E-state index in [-0.39, 0.29) is 0 Å². The van der Waals surface area contributed by atoms with E-state index in [0.717, 1.165) is 69.6 Å². The van der Waals surface area contributed by atoms with Crippen molar-refractivity contribution in [3.05, 3.63) is 54.0 Å². The zero-order valence-corrected chi connectivity index (χ0v) is 19.3. The minimum atomic E-state index is 0.450. The van der Waals surface area contributed by atoms with Gasteiger partial charge in [0.05, 0.1) is 5.69 Å². The molecule has 0 atom stereocenters. The Morgan fingerprint density at radius 1 is 1.00 bits per heavy atom. The summed E-state index contributed by atoms with van der Waals surface area (Å²) in [6.07, 6.45) is 11.2. The van der Waals surface area contributed by atoms with E-state index in [9.17, 15) is 0 Å². The molecule has 4 rings (SSSR count). The molecule has 0 amide bonds. The molecule has 4 heterocycles. The maximum atomic E-state index is 4.63. The van der Waals surface area contributed by atoms with Gasteiger partial charge >= 0.3 is 0 Å². The third-order valence-electron chi connectivity index (χ3n) is 6.46. The van der Waals surface area contributed by atoms with Crippen molar-refractivity contribution >= 4 is 11.8 Å². The van der Waals surface area contributed by atoms with Gasteiger partial charge in [-0.2, -0.15) is 0 Å². The molecule has 2 saturated heterocycles. The third-order valence-corrected chi connectivity index (χ3v) is 6.46. The largest absolute Gasteiger partial charge is 0.357 e. The number of rotatable bonds is 6. The molecule has 7 heteroatoms. The number of nitrogens with zero attached hydrogens (tertiary/aromatic N) is 5. The number of aromatic nitrogens is 2. The van der Waals surface area contributed by atoms with E-state index in [1.54, 1.807) is 0 Å². The van der Waals surface area contributed by atoms with Gasteiger partial charge in [0.2, 0.25) is 0 Å². The summed E-state index contributed by atoms with van der Waals surface area (Å²) in [4.78, 5) is 18.4. The second-order valence-corrected chi connectivity index (χ2v) is 8.87. The number of guanidine groups is 1. The summed E-state index contributed by atoms with van der Waals surface area (Å²) in [5.74, 6) is 1.98. The van der Waals surface area contributed by atoms with E-state index >= 15 is 0 Å². The van der Waals surface area contributed by atoms with E-state index in [1.165, 1.54) is 31.2 Å². The topological polar surface area (TPSA) is 68.7 Å². The fourth-order valence-electron chi connectivity index (χ4n) is 4.57. The van der Waals surface area contributed by atoms with Crippen molar-refractivity contribution in [1.29, 1.82) is 0 Å². The van der Waals surface area contributed by atoms with Crippen molar-refractivity contribution in [2.75, 3.05) is 38.1 Å². The zero-order chi connectivity index (χ0) is 22.0. The maximum Gasteiger partial charge on any atom is 0.191 e. The summed E-state index contributed by atoms with van der Waals surface area (Å²) in [5.41, 5.74) is 2.39. The summed E-state index contributed by atoms with van der Waals surface area (Å²) in [6, 6.07) is 10.9. The maximum absolute atomic E-state index is 4.63. The Hall–Kier alpha value is -2.67. The molecule has 0 saturated carbocycles. The number of anilines is 1. The molecule has 0 aromatic carbocycles. The summed E-state index contributed by atoms with van der Waals surface area (Å²) in [7, 11) is 1.85. The van der Waals surface area contributed by atoms with Crippen LogP contribution in [0.2, 0.25) is 0 Å². The number of likely N-dealkylation sites (tertiary alicyclic amines) is 1. The zero-order valence-electron chi connectivity index (χ0n) is 19.3. The summed E-state index contributed by atoms with van der Waals surface area (Å²) in [6.45, 7) is 6.07. The van der Waals surface area contributed by atoms with Crippen LogP contribution in [0, 0.1) is 0 Å². The highest BCUT2D eigenvalue weighted by Gasteiger charge is 2.20. The Morgan fingerprint density at radius 3 is 2.53 bits per heavy atom. The van der Waals surface area contributed by atoms with Gasteiger partial charge in [0.15, 0.2) is 5.96 Å². The Kier molecular flexibility index (Phi) is 8.31. The Bertz CT molecular complexity index is 838. The van der Waals surface area contributed by atoms with Crippen molar-refractivity contribution in [2.24, 2.45) is 4.99 Å². The van der Waals surface area contributed by atoms with Gasteiger partial charge in [0, 0.05) is 64.8 Å². The molecule has 0 aliphatic carbocycles. The minimum absolute atomic E-state index is 0.450. The molecule has 2 aromatic heterocycles. The number of hydrogen-bond donors (Lipinski definition) is 2. The van der Waals surface area contributed by atoms with Crippen molar-refractivity contribution in [1.82, 2.24) is 25.5 Å². The summed E-state index contributed by atoms with van der Waals surface area (Å²) in [5, 5.41) is 7.11. The van der Waals surface area contributed by atoms with Crippen LogP contribution < -0.4 is 15.5 Å². The second kappa shape index (κ2) is 11.8. The van der Waals surface area contributed by atoms with Gasteiger partial charge in [-0.1, -0.05) is 18.9 Å². The van der Waals surface area contributed by atoms with E-state index in [2.05, 4.69) is 59.7 Å². The molecule has 7 nitrogen and oxygen atoms in total. The van der Waals surface area contributed by atoms with Gasteiger partial charge in [-0.15, -0.1) is 0 Å². The van der Waals surface area contributed by atoms with Crippen LogP contribution in [0.1, 0.15) is 49.8 Å². The van der Waals surface area contributed by atoms with Gasteiger partial charge < -0.3 is 15.5 Å². The van der Waals surface area contributed by atoms with E-state index in [1.807, 2.05) is 25.5 Å². The Labute approximate surface area is 192 Å². The predicted molar refractivity (Wildman–Crippen MR) is 131 cm³/mol. The molecule has 2 N–H and O–H groups in total. The van der Waals surface area contributed by atoms with Crippen molar-refractivity contribution < 1.29 is 0 Å². The lowest BCUT2D eigenvalue weighted by Crippen LogP contribution is -2.48. The standard InChI is InChI=1S/C25H37N7/c1-26-25(30-22-10-16-31(17-11-22)20-23-8-4-5-12-27-23)29-19-21-9-13-28-24(18-21)32-14-6-2-3-7-15-32/h4-5,8-9,12-13,18,22H,2-3,6-7,10-11,14-17,19-20H2,1H3,(H2,26,29,30). The number of hydrogen-bond acceptors (Lipinski definition) is 5. The Balaban J connectivity index is 1.23. The fraction of sp³-hybridized carbons (Fsp3) is 0.560. The normalized spacial score (nSPS) is 18.9. The van der Waals surface area contributed by atoms with E-state index in [0.29, 0.717) is 6.04 Å². The average Bonchev–Trinajstić information content (AvgIpc) is 3.13. The second-order valence-electron chi connectivity index (χ2n) is 8.87. The first-order valence-electron chi connectivity index (χ1n) is 12.1. The summed E-state index contributed by atoms with van der Waals surface area (Å²) < 4.78 is 0. The van der Waals surface area contributed by atoms with Gasteiger partial charge in [-0.25, -0.2) is 4.98 Å². The van der Waals surface area contributed by atoms with Crippen molar-refractivity contribution in [3.8, 4) is 0 Å². The molecule has 0 bridgehead atoms. The highest BCUT2D eigenvalue weighted by atomic mass is 15.2. The highest BCUT2D eigenvalue weighted by Crippen LogP contribution is 2.18. The van der Waals surface area contributed by atoms with Gasteiger partial charge in [-0.05, 0) is 55.5 Å². The monoisotopic (exact) mass is 435 g/mol. The molecule has 2 fully saturated rings. The van der Waals surface area contributed by atoms with Gasteiger partial charge in [0.25, 0.3) is 0 Å². The van der Waals surface area contributed by atoms with Crippen molar-refractivity contribution in [2.45, 2.75) is 57.7 Å². The lowest BCUT2D eigenvalue weighted by Gasteiger charge is -2.32. The molecular weight excluding hydrogens is 398 g/mol. The number of aliphatic imine (C=N–C) groups is 1. The lowest BCUT2D eigenvalue weighted by atomic mass is 10.0. The molecular formula is C25H37N7. The molecule has 0 radical (unpaired) electrons. The minimum Gasteiger partial charge on any atom is -0.357 e. The molecule has 32 heavy (non-hydrogen) atoms. The number of piperidine rings is 1. The number of pyridine rings is 2. The Morgan fingerprint density at radius 2 is 1.81 bits per heavy atom. The van der Waals surface area contributed by atoms with Gasteiger partial charge in [0.1, 0.15) is 5.82 Å². The average molecular weight is 436 g/mol. The quantitative estimate of drug-likeness (QED) is 0.537. The van der Waals surface area contributed by atoms with Crippen LogP contribution in [0.5, 0.6) is 0 Å². The first-order valence-corrected chi connectivity index (χ1v) is 12.1.